The molecule has 0 saturated carbocycles. The van der Waals surface area contributed by atoms with Crippen molar-refractivity contribution in [3.8, 4) is 0 Å². The number of piperidine rings is 1. The largest absolute Gasteiger partial charge is 0.356 e. The topological polar surface area (TPSA) is 54.3 Å². The minimum absolute atomic E-state index is 0.0652. The van der Waals surface area contributed by atoms with Crippen LogP contribution in [0.2, 0.25) is 0 Å². The second-order valence-electron chi connectivity index (χ2n) is 6.36. The third kappa shape index (κ3) is 4.13. The van der Waals surface area contributed by atoms with Crippen molar-refractivity contribution in [2.75, 3.05) is 31.6 Å². The van der Waals surface area contributed by atoms with E-state index in [1.807, 2.05) is 53.3 Å². The van der Waals surface area contributed by atoms with E-state index in [9.17, 15) is 4.79 Å². The molecular formula is C18H25N5O. The van der Waals surface area contributed by atoms with Gasteiger partial charge in [0.25, 0.3) is 0 Å². The number of amides is 1. The maximum atomic E-state index is 12.7. The van der Waals surface area contributed by atoms with Crippen molar-refractivity contribution >= 4 is 11.7 Å². The van der Waals surface area contributed by atoms with Crippen LogP contribution in [0.3, 0.4) is 0 Å². The summed E-state index contributed by atoms with van der Waals surface area (Å²) in [5, 5.41) is 4.19. The van der Waals surface area contributed by atoms with Crippen molar-refractivity contribution < 1.29 is 4.79 Å². The van der Waals surface area contributed by atoms with Crippen LogP contribution in [0, 0.1) is 5.92 Å². The van der Waals surface area contributed by atoms with Gasteiger partial charge >= 0.3 is 0 Å². The highest BCUT2D eigenvalue weighted by Crippen LogP contribution is 2.22. The average Bonchev–Trinajstić information content (AvgIpc) is 3.15. The van der Waals surface area contributed by atoms with Gasteiger partial charge in [-0.25, -0.2) is 4.98 Å². The molecule has 1 amide bonds. The summed E-state index contributed by atoms with van der Waals surface area (Å²) in [4.78, 5) is 21.2. The van der Waals surface area contributed by atoms with Crippen molar-refractivity contribution in [3.63, 3.8) is 0 Å². The van der Waals surface area contributed by atoms with E-state index in [-0.39, 0.29) is 11.8 Å². The molecule has 0 N–H and O–H groups in total. The number of hydrogen-bond acceptors (Lipinski definition) is 4. The summed E-state index contributed by atoms with van der Waals surface area (Å²) in [6.45, 7) is 3.34. The molecule has 0 bridgehead atoms. The Bertz CT molecular complexity index is 628. The van der Waals surface area contributed by atoms with Crippen LogP contribution in [-0.4, -0.2) is 52.3 Å². The number of pyridine rings is 1. The zero-order chi connectivity index (χ0) is 16.8. The van der Waals surface area contributed by atoms with E-state index in [1.54, 1.807) is 6.20 Å². The first-order chi connectivity index (χ1) is 11.7. The predicted octanol–water partition coefficient (Wildman–Crippen LogP) is 2.04. The fraction of sp³-hybridized carbons (Fsp3) is 0.500. The Hall–Kier alpha value is -2.37. The molecule has 6 heteroatoms. The third-order valence-electron chi connectivity index (χ3n) is 4.56. The Kier molecular flexibility index (Phi) is 5.46. The quantitative estimate of drug-likeness (QED) is 0.815. The molecule has 6 nitrogen and oxygen atoms in total. The smallest absolute Gasteiger partial charge is 0.227 e. The van der Waals surface area contributed by atoms with Crippen molar-refractivity contribution in [3.05, 3.63) is 42.9 Å². The molecule has 1 saturated heterocycles. The first-order valence-electron chi connectivity index (χ1n) is 8.62. The normalized spacial score (nSPS) is 17.7. The molecule has 1 aliphatic heterocycles. The molecule has 1 aliphatic rings. The van der Waals surface area contributed by atoms with E-state index in [4.69, 9.17) is 0 Å². The van der Waals surface area contributed by atoms with E-state index in [1.165, 1.54) is 0 Å². The van der Waals surface area contributed by atoms with Gasteiger partial charge in [-0.1, -0.05) is 6.07 Å². The lowest BCUT2D eigenvalue weighted by Gasteiger charge is -2.34. The zero-order valence-corrected chi connectivity index (χ0v) is 14.2. The summed E-state index contributed by atoms with van der Waals surface area (Å²) in [6, 6.07) is 7.85. The Morgan fingerprint density at radius 2 is 2.25 bits per heavy atom. The molecule has 2 aromatic heterocycles. The van der Waals surface area contributed by atoms with Crippen LogP contribution in [0.4, 0.5) is 5.82 Å². The molecule has 0 unspecified atom stereocenters. The Morgan fingerprint density at radius 3 is 3.00 bits per heavy atom. The lowest BCUT2D eigenvalue weighted by atomic mass is 9.96. The van der Waals surface area contributed by atoms with Gasteiger partial charge in [-0.2, -0.15) is 5.10 Å². The van der Waals surface area contributed by atoms with Gasteiger partial charge in [0, 0.05) is 51.8 Å². The van der Waals surface area contributed by atoms with Crippen molar-refractivity contribution in [2.45, 2.75) is 25.8 Å². The van der Waals surface area contributed by atoms with Crippen LogP contribution in [-0.2, 0) is 11.3 Å². The monoisotopic (exact) mass is 327 g/mol. The summed E-state index contributed by atoms with van der Waals surface area (Å²) in [5.74, 6) is 1.28. The van der Waals surface area contributed by atoms with Gasteiger partial charge in [0.2, 0.25) is 5.91 Å². The minimum Gasteiger partial charge on any atom is -0.356 e. The number of carbonyl (C=O) groups excluding carboxylic acids is 1. The Morgan fingerprint density at radius 1 is 1.33 bits per heavy atom. The predicted molar refractivity (Wildman–Crippen MR) is 93.7 cm³/mol. The first kappa shape index (κ1) is 16.5. The lowest BCUT2D eigenvalue weighted by Crippen LogP contribution is -2.44. The van der Waals surface area contributed by atoms with Crippen molar-refractivity contribution in [2.24, 2.45) is 5.92 Å². The molecular weight excluding hydrogens is 302 g/mol. The maximum Gasteiger partial charge on any atom is 0.227 e. The fourth-order valence-corrected chi connectivity index (χ4v) is 3.25. The molecule has 3 rings (SSSR count). The number of aryl methyl sites for hydroxylation is 1. The number of carbonyl (C=O) groups is 1. The van der Waals surface area contributed by atoms with Crippen LogP contribution in [0.15, 0.2) is 42.9 Å². The van der Waals surface area contributed by atoms with Gasteiger partial charge in [-0.05, 0) is 37.5 Å². The summed E-state index contributed by atoms with van der Waals surface area (Å²) >= 11 is 0. The first-order valence-corrected chi connectivity index (χ1v) is 8.62. The fourth-order valence-electron chi connectivity index (χ4n) is 3.25. The molecule has 2 aromatic rings. The average molecular weight is 327 g/mol. The van der Waals surface area contributed by atoms with E-state index in [0.717, 1.165) is 51.3 Å². The molecule has 128 valence electrons. The van der Waals surface area contributed by atoms with Gasteiger partial charge < -0.3 is 9.80 Å². The third-order valence-corrected chi connectivity index (χ3v) is 4.56. The number of anilines is 1. The lowest BCUT2D eigenvalue weighted by molar-refractivity contribution is -0.134. The Balaban J connectivity index is 1.50. The highest BCUT2D eigenvalue weighted by molar-refractivity contribution is 5.79. The van der Waals surface area contributed by atoms with Gasteiger partial charge in [0.1, 0.15) is 5.82 Å². The maximum absolute atomic E-state index is 12.7. The second-order valence-corrected chi connectivity index (χ2v) is 6.36. The molecule has 3 heterocycles. The SMILES string of the molecule is CN(CCCn1cccn1)C(=O)[C@H]1CCCN(c2ccccn2)C1. The zero-order valence-electron chi connectivity index (χ0n) is 14.2. The van der Waals surface area contributed by atoms with E-state index in [0.29, 0.717) is 0 Å². The molecule has 0 spiro atoms. The molecule has 1 atom stereocenters. The molecule has 0 radical (unpaired) electrons. The van der Waals surface area contributed by atoms with Crippen LogP contribution in [0.5, 0.6) is 0 Å². The van der Waals surface area contributed by atoms with Crippen LogP contribution < -0.4 is 4.90 Å². The Labute approximate surface area is 143 Å². The van der Waals surface area contributed by atoms with Crippen LogP contribution >= 0.6 is 0 Å². The molecule has 1 fully saturated rings. The van der Waals surface area contributed by atoms with Crippen molar-refractivity contribution in [1.29, 1.82) is 0 Å². The van der Waals surface area contributed by atoms with E-state index in [2.05, 4.69) is 15.0 Å². The molecule has 24 heavy (non-hydrogen) atoms. The second kappa shape index (κ2) is 7.95. The minimum atomic E-state index is 0.0652. The van der Waals surface area contributed by atoms with Gasteiger partial charge in [-0.15, -0.1) is 0 Å². The number of nitrogens with zero attached hydrogens (tertiary/aromatic N) is 5. The van der Waals surface area contributed by atoms with E-state index >= 15 is 0 Å². The highest BCUT2D eigenvalue weighted by Gasteiger charge is 2.28. The van der Waals surface area contributed by atoms with Gasteiger partial charge in [0.05, 0.1) is 5.92 Å². The molecule has 0 aliphatic carbocycles. The van der Waals surface area contributed by atoms with Crippen LogP contribution in [0.25, 0.3) is 0 Å². The molecule has 0 aromatic carbocycles. The summed E-state index contributed by atoms with van der Waals surface area (Å²) in [5.41, 5.74) is 0. The summed E-state index contributed by atoms with van der Waals surface area (Å²) in [7, 11) is 1.91. The number of aromatic nitrogens is 3. The standard InChI is InChI=1S/C18H25N5O/c1-21(11-6-14-23-13-5-10-20-23)18(24)16-7-4-12-22(15-16)17-8-2-3-9-19-17/h2-3,5,8-10,13,16H,4,6-7,11-12,14-15H2,1H3/t16-/m0/s1. The van der Waals surface area contributed by atoms with E-state index < -0.39 is 0 Å². The van der Waals surface area contributed by atoms with Gasteiger partial charge in [0.15, 0.2) is 0 Å². The summed E-state index contributed by atoms with van der Waals surface area (Å²) in [6.07, 6.45) is 8.46. The number of hydrogen-bond donors (Lipinski definition) is 0. The van der Waals surface area contributed by atoms with Gasteiger partial charge in [-0.3, -0.25) is 9.48 Å². The number of rotatable bonds is 6. The summed E-state index contributed by atoms with van der Waals surface area (Å²) < 4.78 is 1.90. The van der Waals surface area contributed by atoms with Crippen LogP contribution in [0.1, 0.15) is 19.3 Å². The highest BCUT2D eigenvalue weighted by atomic mass is 16.2. The van der Waals surface area contributed by atoms with Crippen molar-refractivity contribution in [1.82, 2.24) is 19.7 Å².